The Kier molecular flexibility index (Phi) is 18.5. The molecule has 6 aliphatic carbocycles. The van der Waals surface area contributed by atoms with Gasteiger partial charge >= 0.3 is 0 Å². The fraction of sp³-hybridized carbons (Fsp3) is 0.276. The summed E-state index contributed by atoms with van der Waals surface area (Å²) in [5.74, 6) is -1.03. The molecule has 6 aliphatic rings. The SMILES string of the molecule is Cl.N#Cc1cc(CC(=O)[C@H](Cc2ccccc2)NC(=O)c2ccc(F)cc2)ccc1S(=O)(=O)Cl.N#Cc1cc(CC(=O)[C@H](Cc2ccccc2)NC(=O)c2ccc(F)cc2)ccc1S(=O)(=O)NC12CC(C1)C2.NC12CC(C1)C2. The molecular weight excluding hydrogens is 1080 g/mol. The van der Waals surface area contributed by atoms with Gasteiger partial charge in [0.1, 0.15) is 28.7 Å². The Morgan fingerprint density at radius 1 is 0.577 bits per heavy atom. The van der Waals surface area contributed by atoms with Crippen molar-refractivity contribution >= 4 is 65.5 Å². The summed E-state index contributed by atoms with van der Waals surface area (Å²) in [4.78, 5) is 51.5. The standard InChI is InChI=1S/C29H26FN3O4S.C24H18ClFN2O4S.C5H9N.ClH/c30-24-9-7-22(8-10-24)28(35)32-25(13-19-4-2-1-3-5-19)26(34)14-20-6-11-27(23(12-20)18-31)38(36,37)33-29-15-21(16-29)17-29;25-33(31,32)23-11-6-17(12-19(23)15-27)14-22(29)21(13-16-4-2-1-3-5-16)28-24(30)18-7-9-20(26)10-8-18;6-5-1-4(2-5)3-5;/h1-12,21,25,33H,13-17H2,(H,32,35);1-12,21H,13-14H2,(H,28,30);4H,1-3,6H2;1H/t21?,25-,29?;21-;;/m00../s1. The largest absolute Gasteiger partial charge is 0.342 e. The number of nitrogens with one attached hydrogen (secondary N) is 3. The molecule has 2 atom stereocenters. The molecule has 0 unspecified atom stereocenters. The average Bonchev–Trinajstić information content (AvgIpc) is 3.50. The highest BCUT2D eigenvalue weighted by molar-refractivity contribution is 8.13. The van der Waals surface area contributed by atoms with Gasteiger partial charge in [-0.25, -0.2) is 30.3 Å². The van der Waals surface area contributed by atoms with Crippen molar-refractivity contribution in [1.82, 2.24) is 15.4 Å². The van der Waals surface area contributed by atoms with Gasteiger partial charge in [-0.2, -0.15) is 10.5 Å². The second-order valence-electron chi connectivity index (χ2n) is 20.3. The van der Waals surface area contributed by atoms with Crippen LogP contribution in [0.1, 0.15) is 92.6 Å². The predicted octanol–water partition coefficient (Wildman–Crippen LogP) is 8.38. The molecule has 6 saturated carbocycles. The molecule has 4 bridgehead atoms. The van der Waals surface area contributed by atoms with Crippen molar-refractivity contribution in [2.75, 3.05) is 0 Å². The van der Waals surface area contributed by atoms with Gasteiger partial charge in [0.25, 0.3) is 20.9 Å². The van der Waals surface area contributed by atoms with Crippen molar-refractivity contribution in [3.63, 3.8) is 0 Å². The van der Waals surface area contributed by atoms with E-state index in [0.717, 1.165) is 48.4 Å². The summed E-state index contributed by atoms with van der Waals surface area (Å²) in [7, 11) is -2.64. The molecule has 0 saturated heterocycles. The minimum Gasteiger partial charge on any atom is -0.342 e. The van der Waals surface area contributed by atoms with Gasteiger partial charge < -0.3 is 16.4 Å². The van der Waals surface area contributed by atoms with E-state index in [-0.39, 0.29) is 87.2 Å². The number of nitriles is 2. The van der Waals surface area contributed by atoms with Crippen molar-refractivity contribution in [1.29, 1.82) is 10.5 Å². The highest BCUT2D eigenvalue weighted by Crippen LogP contribution is 2.57. The van der Waals surface area contributed by atoms with Crippen LogP contribution in [0.5, 0.6) is 0 Å². The van der Waals surface area contributed by atoms with Gasteiger partial charge in [0.05, 0.1) is 28.1 Å². The number of hydrogen-bond donors (Lipinski definition) is 4. The minimum absolute atomic E-state index is 0. The summed E-state index contributed by atoms with van der Waals surface area (Å²) < 4.78 is 78.4. The Labute approximate surface area is 462 Å². The third-order valence-electron chi connectivity index (χ3n) is 14.3. The van der Waals surface area contributed by atoms with Crippen LogP contribution in [-0.2, 0) is 54.3 Å². The third kappa shape index (κ3) is 14.7. The summed E-state index contributed by atoms with van der Waals surface area (Å²) in [6.07, 6.45) is 6.64. The van der Waals surface area contributed by atoms with Crippen molar-refractivity contribution in [3.8, 4) is 12.1 Å². The highest BCUT2D eigenvalue weighted by atomic mass is 35.7. The molecule has 6 aromatic rings. The number of halogens is 4. The average molecular weight is 1140 g/mol. The van der Waals surface area contributed by atoms with E-state index in [9.17, 15) is 55.3 Å². The molecule has 2 amide bonds. The lowest BCUT2D eigenvalue weighted by molar-refractivity contribution is -0.121. The number of nitrogens with two attached hydrogens (primary N) is 1. The van der Waals surface area contributed by atoms with Crippen LogP contribution in [-0.4, -0.2) is 63.4 Å². The Morgan fingerprint density at radius 2 is 0.949 bits per heavy atom. The molecule has 12 rings (SSSR count). The molecule has 0 heterocycles. The van der Waals surface area contributed by atoms with Gasteiger partial charge in [-0.15, -0.1) is 12.4 Å². The van der Waals surface area contributed by atoms with E-state index >= 15 is 0 Å². The summed E-state index contributed by atoms with van der Waals surface area (Å²) in [6, 6.07) is 38.3. The Morgan fingerprint density at radius 3 is 1.28 bits per heavy atom. The maximum absolute atomic E-state index is 13.4. The molecule has 0 aromatic heterocycles. The van der Waals surface area contributed by atoms with Crippen molar-refractivity contribution in [2.24, 2.45) is 17.6 Å². The Bertz CT molecular complexity index is 3490. The molecule has 0 aliphatic heterocycles. The summed E-state index contributed by atoms with van der Waals surface area (Å²) in [5.41, 5.74) is 8.39. The summed E-state index contributed by atoms with van der Waals surface area (Å²) >= 11 is 0. The topological polar surface area (TPSA) is 246 Å². The molecule has 14 nitrogen and oxygen atoms in total. The van der Waals surface area contributed by atoms with Gasteiger partial charge in [0, 0.05) is 45.7 Å². The van der Waals surface area contributed by atoms with Crippen LogP contribution in [0, 0.1) is 46.1 Å². The van der Waals surface area contributed by atoms with Crippen LogP contribution in [0.25, 0.3) is 0 Å². The number of amides is 2. The molecule has 0 radical (unpaired) electrons. The molecule has 20 heteroatoms. The van der Waals surface area contributed by atoms with E-state index in [1.54, 1.807) is 6.07 Å². The first-order valence-electron chi connectivity index (χ1n) is 24.7. The predicted molar refractivity (Wildman–Crippen MR) is 290 cm³/mol. The second-order valence-corrected chi connectivity index (χ2v) is 24.4. The Hall–Kier alpha value is -7.16. The van der Waals surface area contributed by atoms with Crippen LogP contribution in [0.2, 0.25) is 0 Å². The summed E-state index contributed by atoms with van der Waals surface area (Å²) in [5, 5.41) is 24.4. The van der Waals surface area contributed by atoms with E-state index in [0.29, 0.717) is 22.6 Å². The minimum atomic E-state index is -4.12. The van der Waals surface area contributed by atoms with Crippen molar-refractivity contribution in [3.05, 3.63) is 202 Å². The number of benzene rings is 6. The zero-order chi connectivity index (χ0) is 55.1. The molecular formula is C58H54Cl2F2N6O8S2. The van der Waals surface area contributed by atoms with Crippen LogP contribution in [0.3, 0.4) is 0 Å². The molecule has 78 heavy (non-hydrogen) atoms. The van der Waals surface area contributed by atoms with E-state index < -0.39 is 54.6 Å². The zero-order valence-corrected chi connectivity index (χ0v) is 45.0. The number of ketones is 2. The molecule has 0 spiro atoms. The fourth-order valence-corrected chi connectivity index (χ4v) is 12.6. The van der Waals surface area contributed by atoms with Crippen LogP contribution in [0.15, 0.2) is 155 Å². The second kappa shape index (κ2) is 24.7. The molecule has 404 valence electrons. The van der Waals surface area contributed by atoms with Gasteiger partial charge in [-0.3, -0.25) is 19.2 Å². The van der Waals surface area contributed by atoms with Gasteiger partial charge in [0.15, 0.2) is 11.6 Å². The number of carbonyl (C=O) groups excluding carboxylic acids is 4. The lowest BCUT2D eigenvalue weighted by Gasteiger charge is -2.61. The number of hydrogen-bond acceptors (Lipinski definition) is 11. The van der Waals surface area contributed by atoms with Gasteiger partial charge in [-0.05, 0) is 158 Å². The van der Waals surface area contributed by atoms with E-state index in [4.69, 9.17) is 16.4 Å². The maximum Gasteiger partial charge on any atom is 0.262 e. The normalized spacial score (nSPS) is 19.8. The highest BCUT2D eigenvalue weighted by Gasteiger charge is 2.58. The third-order valence-corrected chi connectivity index (χ3v) is 17.3. The first-order valence-corrected chi connectivity index (χ1v) is 28.5. The number of carbonyl (C=O) groups is 4. The monoisotopic (exact) mass is 1130 g/mol. The molecule has 6 fully saturated rings. The van der Waals surface area contributed by atoms with Gasteiger partial charge in [-0.1, -0.05) is 72.8 Å². The van der Waals surface area contributed by atoms with E-state index in [1.165, 1.54) is 92.1 Å². The molecule has 6 aromatic carbocycles. The first-order chi connectivity index (χ1) is 36.6. The molecule has 5 N–H and O–H groups in total. The number of sulfonamides is 1. The lowest BCUT2D eigenvalue weighted by Crippen LogP contribution is -2.67. The van der Waals surface area contributed by atoms with Crippen LogP contribution >= 0.6 is 23.1 Å². The zero-order valence-electron chi connectivity index (χ0n) is 41.8. The quantitative estimate of drug-likeness (QED) is 0.0595. The lowest BCUT2D eigenvalue weighted by atomic mass is 9.50. The summed E-state index contributed by atoms with van der Waals surface area (Å²) in [6.45, 7) is 0. The van der Waals surface area contributed by atoms with E-state index in [1.807, 2.05) is 66.7 Å². The first kappa shape index (κ1) is 58.5. The van der Waals surface area contributed by atoms with Crippen LogP contribution < -0.4 is 21.1 Å². The van der Waals surface area contributed by atoms with Crippen molar-refractivity contribution in [2.45, 2.75) is 97.2 Å². The smallest absolute Gasteiger partial charge is 0.262 e. The van der Waals surface area contributed by atoms with Crippen molar-refractivity contribution < 1.29 is 44.8 Å². The fourth-order valence-electron chi connectivity index (χ4n) is 10.0. The number of Topliss-reactive ketones (excluding diaryl/α,β-unsaturated/α-hetero) is 2. The Balaban J connectivity index is 0.000000202. The number of nitrogens with zero attached hydrogens (tertiary/aromatic N) is 2. The van der Waals surface area contributed by atoms with Crippen LogP contribution in [0.4, 0.5) is 8.78 Å². The maximum atomic E-state index is 13.4. The van der Waals surface area contributed by atoms with E-state index in [2.05, 4.69) is 15.4 Å². The number of rotatable bonds is 18. The van der Waals surface area contributed by atoms with Gasteiger partial charge in [0.2, 0.25) is 10.0 Å².